The van der Waals surface area contributed by atoms with Gasteiger partial charge in [-0.15, -0.1) is 10.2 Å². The van der Waals surface area contributed by atoms with Gasteiger partial charge < -0.3 is 10.2 Å². The molecular weight excluding hydrogens is 460 g/mol. The highest BCUT2D eigenvalue weighted by molar-refractivity contribution is 7.86. The topological polar surface area (TPSA) is 174 Å². The maximum absolute atomic E-state index is 11.8. The Kier molecular flexibility index (Phi) is 5.09. The zero-order valence-corrected chi connectivity index (χ0v) is 17.5. The summed E-state index contributed by atoms with van der Waals surface area (Å²) in [5.74, 6) is -0.812. The van der Waals surface area contributed by atoms with Gasteiger partial charge in [0.2, 0.25) is 0 Å². The normalized spacial score (nSPS) is 12.7. The van der Waals surface area contributed by atoms with Crippen LogP contribution < -0.4 is 0 Å². The summed E-state index contributed by atoms with van der Waals surface area (Å²) < 4.78 is 65.5. The van der Waals surface area contributed by atoms with E-state index in [0.29, 0.717) is 0 Å². The SMILES string of the molecule is O=S(=O)(O)c1cc(O)c2cccc(N=Nc3cc(S(=O)(=O)O)c4ccccc4c3O)c2c1. The number of benzene rings is 4. The van der Waals surface area contributed by atoms with Crippen molar-refractivity contribution < 1.29 is 36.2 Å². The Balaban J connectivity index is 1.94. The largest absolute Gasteiger partial charge is 0.507 e. The van der Waals surface area contributed by atoms with Gasteiger partial charge in [0.15, 0.2) is 5.75 Å². The molecule has 0 aliphatic rings. The van der Waals surface area contributed by atoms with Gasteiger partial charge in [0, 0.05) is 27.6 Å². The molecule has 0 heterocycles. The van der Waals surface area contributed by atoms with E-state index in [2.05, 4.69) is 10.2 Å². The molecule has 10 nitrogen and oxygen atoms in total. The van der Waals surface area contributed by atoms with Crippen molar-refractivity contribution in [1.29, 1.82) is 0 Å². The summed E-state index contributed by atoms with van der Waals surface area (Å²) in [6.45, 7) is 0. The van der Waals surface area contributed by atoms with Crippen molar-refractivity contribution in [2.75, 3.05) is 0 Å². The average Bonchev–Trinajstić information content (AvgIpc) is 2.72. The minimum atomic E-state index is -4.65. The second-order valence-corrected chi connectivity index (χ2v) is 9.56. The third kappa shape index (κ3) is 3.87. The molecule has 32 heavy (non-hydrogen) atoms. The Morgan fingerprint density at radius 2 is 1.25 bits per heavy atom. The van der Waals surface area contributed by atoms with E-state index in [0.717, 1.165) is 18.2 Å². The summed E-state index contributed by atoms with van der Waals surface area (Å²) in [4.78, 5) is -1.04. The quantitative estimate of drug-likeness (QED) is 0.250. The molecule has 0 aliphatic heterocycles. The van der Waals surface area contributed by atoms with Crippen molar-refractivity contribution in [2.24, 2.45) is 10.2 Å². The number of nitrogens with zero attached hydrogens (tertiary/aromatic N) is 2. The lowest BCUT2D eigenvalue weighted by atomic mass is 10.1. The van der Waals surface area contributed by atoms with Crippen LogP contribution in [0.3, 0.4) is 0 Å². The van der Waals surface area contributed by atoms with Gasteiger partial charge in [0.1, 0.15) is 16.3 Å². The van der Waals surface area contributed by atoms with Gasteiger partial charge in [-0.2, -0.15) is 16.8 Å². The summed E-state index contributed by atoms with van der Waals surface area (Å²) in [6.07, 6.45) is 0. The molecule has 0 radical (unpaired) electrons. The van der Waals surface area contributed by atoms with Gasteiger partial charge in [0.05, 0.1) is 10.6 Å². The molecule has 4 aromatic carbocycles. The molecule has 0 saturated heterocycles. The molecule has 0 fully saturated rings. The first kappa shape index (κ1) is 21.6. The van der Waals surface area contributed by atoms with Crippen molar-refractivity contribution in [2.45, 2.75) is 9.79 Å². The Morgan fingerprint density at radius 1 is 0.625 bits per heavy atom. The van der Waals surface area contributed by atoms with Crippen molar-refractivity contribution in [3.8, 4) is 11.5 Å². The maximum atomic E-state index is 11.8. The fourth-order valence-electron chi connectivity index (χ4n) is 3.27. The Bertz CT molecular complexity index is 1650. The van der Waals surface area contributed by atoms with Crippen LogP contribution in [0.2, 0.25) is 0 Å². The molecule has 0 saturated carbocycles. The lowest BCUT2D eigenvalue weighted by molar-refractivity contribution is 0.471. The van der Waals surface area contributed by atoms with Crippen molar-refractivity contribution in [3.63, 3.8) is 0 Å². The number of hydrogen-bond acceptors (Lipinski definition) is 8. The summed E-state index contributed by atoms with van der Waals surface area (Å²) in [7, 11) is -9.27. The second-order valence-electron chi connectivity index (χ2n) is 6.75. The van der Waals surface area contributed by atoms with E-state index < -0.39 is 41.5 Å². The molecule has 12 heteroatoms. The van der Waals surface area contributed by atoms with Gasteiger partial charge in [-0.1, -0.05) is 36.4 Å². The third-order valence-electron chi connectivity index (χ3n) is 4.72. The first-order valence-electron chi connectivity index (χ1n) is 8.84. The predicted molar refractivity (Wildman–Crippen MR) is 115 cm³/mol. The van der Waals surface area contributed by atoms with Crippen LogP contribution in [0.15, 0.2) is 80.7 Å². The van der Waals surface area contributed by atoms with Gasteiger partial charge in [-0.05, 0) is 18.2 Å². The van der Waals surface area contributed by atoms with E-state index in [1.807, 2.05) is 0 Å². The lowest BCUT2D eigenvalue weighted by Crippen LogP contribution is -1.99. The van der Waals surface area contributed by atoms with Crippen LogP contribution >= 0.6 is 0 Å². The number of phenolic OH excluding ortho intramolecular Hbond substituents is 2. The van der Waals surface area contributed by atoms with E-state index in [9.17, 15) is 36.2 Å². The first-order valence-corrected chi connectivity index (χ1v) is 11.7. The molecule has 0 aromatic heterocycles. The summed E-state index contributed by atoms with van der Waals surface area (Å²) >= 11 is 0. The van der Waals surface area contributed by atoms with Crippen molar-refractivity contribution >= 4 is 53.2 Å². The molecule has 4 rings (SSSR count). The van der Waals surface area contributed by atoms with Crippen molar-refractivity contribution in [1.82, 2.24) is 0 Å². The molecule has 0 aliphatic carbocycles. The van der Waals surface area contributed by atoms with Crippen LogP contribution in [0, 0.1) is 0 Å². The Labute approximate surface area is 181 Å². The smallest absolute Gasteiger partial charge is 0.295 e. The van der Waals surface area contributed by atoms with Crippen LogP contribution in [0.4, 0.5) is 11.4 Å². The van der Waals surface area contributed by atoms with Crippen LogP contribution in [0.5, 0.6) is 11.5 Å². The first-order chi connectivity index (χ1) is 15.0. The lowest BCUT2D eigenvalue weighted by Gasteiger charge is -2.09. The number of fused-ring (bicyclic) bond motifs is 2. The predicted octanol–water partition coefficient (Wildman–Crippen LogP) is 4.31. The van der Waals surface area contributed by atoms with E-state index in [4.69, 9.17) is 0 Å². The van der Waals surface area contributed by atoms with Crippen LogP contribution in [-0.2, 0) is 20.2 Å². The number of aromatic hydroxyl groups is 2. The molecule has 4 aromatic rings. The van der Waals surface area contributed by atoms with Gasteiger partial charge in [-0.25, -0.2) is 0 Å². The van der Waals surface area contributed by atoms with Crippen LogP contribution in [0.25, 0.3) is 21.5 Å². The number of azo groups is 1. The van der Waals surface area contributed by atoms with Gasteiger partial charge in [0.25, 0.3) is 20.2 Å². The van der Waals surface area contributed by atoms with Gasteiger partial charge >= 0.3 is 0 Å². The highest BCUT2D eigenvalue weighted by Gasteiger charge is 2.20. The van der Waals surface area contributed by atoms with E-state index in [1.165, 1.54) is 36.4 Å². The summed E-state index contributed by atoms with van der Waals surface area (Å²) in [5, 5.41) is 29.0. The highest BCUT2D eigenvalue weighted by atomic mass is 32.2. The fraction of sp³-hybridized carbons (Fsp3) is 0. The van der Waals surface area contributed by atoms with Crippen LogP contribution in [0.1, 0.15) is 0 Å². The Hall–Kier alpha value is -3.58. The Morgan fingerprint density at radius 3 is 1.91 bits per heavy atom. The molecule has 164 valence electrons. The summed E-state index contributed by atoms with van der Waals surface area (Å²) in [6, 6.07) is 13.3. The zero-order valence-electron chi connectivity index (χ0n) is 15.9. The van der Waals surface area contributed by atoms with Gasteiger partial charge in [-0.3, -0.25) is 9.11 Å². The minimum absolute atomic E-state index is 0.0595. The molecule has 4 N–H and O–H groups in total. The van der Waals surface area contributed by atoms with E-state index in [1.54, 1.807) is 6.07 Å². The van der Waals surface area contributed by atoms with E-state index in [-0.39, 0.29) is 32.9 Å². The molecule has 0 atom stereocenters. The number of rotatable bonds is 4. The molecule has 0 bridgehead atoms. The minimum Gasteiger partial charge on any atom is -0.507 e. The highest BCUT2D eigenvalue weighted by Crippen LogP contribution is 2.41. The number of phenols is 2. The van der Waals surface area contributed by atoms with E-state index >= 15 is 0 Å². The zero-order chi connectivity index (χ0) is 23.3. The standard InChI is InChI=1S/C20H14N2O8S2/c23-18-9-11(31(25,26)27)8-15-12(18)6-3-7-16(15)21-22-17-10-19(32(28,29)30)13-4-1-2-5-14(13)20(17)24/h1-10,23-24H,(H,25,26,27)(H,28,29,30). The molecule has 0 amide bonds. The molecule has 0 spiro atoms. The fourth-order valence-corrected chi connectivity index (χ4v) is 4.51. The van der Waals surface area contributed by atoms with Crippen LogP contribution in [-0.4, -0.2) is 36.2 Å². The van der Waals surface area contributed by atoms with Crippen molar-refractivity contribution in [3.05, 3.63) is 60.7 Å². The summed E-state index contributed by atoms with van der Waals surface area (Å²) in [5.41, 5.74) is -0.215. The average molecular weight is 474 g/mol. The third-order valence-corrected chi connectivity index (χ3v) is 6.45. The number of hydrogen-bond donors (Lipinski definition) is 4. The molecular formula is C20H14N2O8S2. The maximum Gasteiger partial charge on any atom is 0.295 e. The monoisotopic (exact) mass is 474 g/mol. The second kappa shape index (κ2) is 7.53. The molecule has 0 unspecified atom stereocenters.